The van der Waals surface area contributed by atoms with Crippen LogP contribution in [-0.2, 0) is 14.8 Å². The largest absolute Gasteiger partial charge is 0.350 e. The van der Waals surface area contributed by atoms with Crippen molar-refractivity contribution in [1.82, 2.24) is 9.62 Å². The lowest BCUT2D eigenvalue weighted by Crippen LogP contribution is -2.52. The van der Waals surface area contributed by atoms with E-state index in [9.17, 15) is 13.2 Å². The molecule has 1 N–H and O–H groups in total. The summed E-state index contributed by atoms with van der Waals surface area (Å²) in [5, 5.41) is 2.87. The lowest BCUT2D eigenvalue weighted by atomic mass is 10.1. The van der Waals surface area contributed by atoms with Gasteiger partial charge in [0.2, 0.25) is 15.9 Å². The summed E-state index contributed by atoms with van der Waals surface area (Å²) < 4.78 is 28.0. The molecule has 1 atom stereocenters. The predicted molar refractivity (Wildman–Crippen MR) is 96.9 cm³/mol. The number of carbonyl (C=O) groups is 1. The van der Waals surface area contributed by atoms with Crippen LogP contribution < -0.4 is 5.32 Å². The van der Waals surface area contributed by atoms with Gasteiger partial charge in [0.25, 0.3) is 0 Å². The zero-order valence-electron chi connectivity index (χ0n) is 13.6. The van der Waals surface area contributed by atoms with Gasteiger partial charge in [0.15, 0.2) is 0 Å². The number of benzene rings is 1. The van der Waals surface area contributed by atoms with Gasteiger partial charge in [-0.05, 0) is 45.4 Å². The van der Waals surface area contributed by atoms with Crippen molar-refractivity contribution in [2.75, 3.05) is 11.6 Å². The summed E-state index contributed by atoms with van der Waals surface area (Å²) >= 11 is 4.76. The number of nitrogens with zero attached hydrogens (tertiary/aromatic N) is 1. The fourth-order valence-corrected chi connectivity index (χ4v) is 6.22. The van der Waals surface area contributed by atoms with E-state index in [0.717, 1.165) is 0 Å². The van der Waals surface area contributed by atoms with E-state index in [1.54, 1.807) is 25.1 Å². The molecule has 0 bridgehead atoms. The number of nitrogens with one attached hydrogen (secondary N) is 1. The smallest absolute Gasteiger partial charge is 0.244 e. The minimum absolute atomic E-state index is 0.239. The minimum Gasteiger partial charge on any atom is -0.350 e. The fraction of sp³-hybridized carbons (Fsp3) is 0.533. The first-order valence-electron chi connectivity index (χ1n) is 7.20. The Labute approximate surface area is 150 Å². The van der Waals surface area contributed by atoms with Crippen molar-refractivity contribution in [1.29, 1.82) is 0 Å². The van der Waals surface area contributed by atoms with Crippen molar-refractivity contribution in [2.24, 2.45) is 0 Å². The second-order valence-corrected chi connectivity index (χ2v) is 10.3. The highest BCUT2D eigenvalue weighted by Crippen LogP contribution is 2.31. The van der Waals surface area contributed by atoms with Gasteiger partial charge in [0, 0.05) is 15.8 Å². The fourth-order valence-electron chi connectivity index (χ4n) is 2.30. The summed E-state index contributed by atoms with van der Waals surface area (Å²) in [7, 11) is -3.72. The van der Waals surface area contributed by atoms with Gasteiger partial charge >= 0.3 is 0 Å². The molecule has 128 valence electrons. The molecule has 0 aliphatic carbocycles. The Morgan fingerprint density at radius 1 is 1.39 bits per heavy atom. The standard InChI is InChI=1S/C15H21BrN2O3S2/c1-10-5-6-11(16)7-13(10)23(20,21)18-9-22-8-12(18)14(19)17-15(2,3)4/h5-7,12H,8-9H2,1-4H3,(H,17,19). The number of thioether (sulfide) groups is 1. The van der Waals surface area contributed by atoms with Crippen LogP contribution in [-0.4, -0.2) is 41.8 Å². The molecule has 1 aliphatic rings. The van der Waals surface area contributed by atoms with E-state index in [1.807, 2.05) is 20.8 Å². The van der Waals surface area contributed by atoms with Crippen LogP contribution in [0.15, 0.2) is 27.6 Å². The van der Waals surface area contributed by atoms with Crippen LogP contribution in [0.25, 0.3) is 0 Å². The molecule has 1 aromatic carbocycles. The molecule has 2 rings (SSSR count). The van der Waals surface area contributed by atoms with Crippen molar-refractivity contribution >= 4 is 43.6 Å². The first kappa shape index (κ1) is 18.8. The van der Waals surface area contributed by atoms with E-state index in [0.29, 0.717) is 15.8 Å². The lowest BCUT2D eigenvalue weighted by molar-refractivity contribution is -0.125. The van der Waals surface area contributed by atoms with Crippen LogP contribution in [0.1, 0.15) is 26.3 Å². The Bertz CT molecular complexity index is 714. The number of sulfonamides is 1. The highest BCUT2D eigenvalue weighted by atomic mass is 79.9. The lowest BCUT2D eigenvalue weighted by Gasteiger charge is -2.27. The van der Waals surface area contributed by atoms with Gasteiger partial charge in [-0.2, -0.15) is 4.31 Å². The van der Waals surface area contributed by atoms with Gasteiger partial charge in [-0.3, -0.25) is 4.79 Å². The number of hydrogen-bond donors (Lipinski definition) is 1. The first-order valence-corrected chi connectivity index (χ1v) is 10.6. The van der Waals surface area contributed by atoms with Gasteiger partial charge in [0.05, 0.1) is 10.8 Å². The molecule has 0 aromatic heterocycles. The van der Waals surface area contributed by atoms with Gasteiger partial charge in [0.1, 0.15) is 6.04 Å². The molecule has 23 heavy (non-hydrogen) atoms. The molecule has 1 aromatic rings. The van der Waals surface area contributed by atoms with Crippen molar-refractivity contribution in [3.63, 3.8) is 0 Å². The Morgan fingerprint density at radius 2 is 2.04 bits per heavy atom. The van der Waals surface area contributed by atoms with Crippen LogP contribution in [0.5, 0.6) is 0 Å². The molecule has 1 heterocycles. The summed E-state index contributed by atoms with van der Waals surface area (Å²) in [5.74, 6) is 0.503. The summed E-state index contributed by atoms with van der Waals surface area (Å²) in [6.45, 7) is 7.39. The van der Waals surface area contributed by atoms with E-state index in [4.69, 9.17) is 0 Å². The Hall–Kier alpha value is -0.570. The predicted octanol–water partition coefficient (Wildman–Crippen LogP) is 2.74. The molecule has 0 spiro atoms. The van der Waals surface area contributed by atoms with Crippen LogP contribution in [0.3, 0.4) is 0 Å². The maximum absolute atomic E-state index is 13.0. The monoisotopic (exact) mass is 420 g/mol. The number of amides is 1. The van der Waals surface area contributed by atoms with Crippen LogP contribution >= 0.6 is 27.7 Å². The second-order valence-electron chi connectivity index (χ2n) is 6.56. The normalized spacial score (nSPS) is 19.8. The minimum atomic E-state index is -3.72. The summed E-state index contributed by atoms with van der Waals surface area (Å²) in [4.78, 5) is 12.7. The maximum Gasteiger partial charge on any atom is 0.244 e. The zero-order chi connectivity index (χ0) is 17.4. The first-order chi connectivity index (χ1) is 10.5. The summed E-state index contributed by atoms with van der Waals surface area (Å²) in [6.07, 6.45) is 0. The number of carbonyl (C=O) groups excluding carboxylic acids is 1. The topological polar surface area (TPSA) is 66.5 Å². The number of aryl methyl sites for hydroxylation is 1. The van der Waals surface area contributed by atoms with Crippen LogP contribution in [0.4, 0.5) is 0 Å². The molecular formula is C15H21BrN2O3S2. The highest BCUT2D eigenvalue weighted by molar-refractivity contribution is 9.10. The van der Waals surface area contributed by atoms with E-state index >= 15 is 0 Å². The van der Waals surface area contributed by atoms with Gasteiger partial charge < -0.3 is 5.32 Å². The highest BCUT2D eigenvalue weighted by Gasteiger charge is 2.41. The van der Waals surface area contributed by atoms with E-state index in [1.165, 1.54) is 16.1 Å². The molecule has 0 saturated carbocycles. The van der Waals surface area contributed by atoms with E-state index in [2.05, 4.69) is 21.2 Å². The van der Waals surface area contributed by atoms with Gasteiger partial charge in [-0.15, -0.1) is 11.8 Å². The van der Waals surface area contributed by atoms with Gasteiger partial charge in [-0.1, -0.05) is 22.0 Å². The zero-order valence-corrected chi connectivity index (χ0v) is 16.8. The maximum atomic E-state index is 13.0. The Morgan fingerprint density at radius 3 is 2.65 bits per heavy atom. The summed E-state index contributed by atoms with van der Waals surface area (Å²) in [5.41, 5.74) is 0.269. The third-order valence-electron chi connectivity index (χ3n) is 3.38. The molecule has 1 aliphatic heterocycles. The average Bonchev–Trinajstić information content (AvgIpc) is 2.89. The quantitative estimate of drug-likeness (QED) is 0.815. The van der Waals surface area contributed by atoms with Crippen molar-refractivity contribution in [2.45, 2.75) is 44.2 Å². The van der Waals surface area contributed by atoms with Crippen LogP contribution in [0.2, 0.25) is 0 Å². The third-order valence-corrected chi connectivity index (χ3v) is 7.05. The van der Waals surface area contributed by atoms with Crippen molar-refractivity contribution in [3.8, 4) is 0 Å². The summed E-state index contributed by atoms with van der Waals surface area (Å²) in [6, 6.07) is 4.47. The molecule has 1 unspecified atom stereocenters. The number of rotatable bonds is 3. The number of halogens is 1. The Balaban J connectivity index is 2.35. The number of hydrogen-bond acceptors (Lipinski definition) is 4. The molecule has 8 heteroatoms. The SMILES string of the molecule is Cc1ccc(Br)cc1S(=O)(=O)N1CSCC1C(=O)NC(C)(C)C. The molecule has 1 saturated heterocycles. The molecule has 1 amide bonds. The molecule has 1 fully saturated rings. The van der Waals surface area contributed by atoms with Crippen LogP contribution in [0, 0.1) is 6.92 Å². The third kappa shape index (κ3) is 4.29. The molecular weight excluding hydrogens is 400 g/mol. The second kappa shape index (κ2) is 6.74. The molecule has 0 radical (unpaired) electrons. The Kier molecular flexibility index (Phi) is 5.50. The van der Waals surface area contributed by atoms with Crippen molar-refractivity contribution in [3.05, 3.63) is 28.2 Å². The van der Waals surface area contributed by atoms with E-state index in [-0.39, 0.29) is 16.7 Å². The van der Waals surface area contributed by atoms with Crippen molar-refractivity contribution < 1.29 is 13.2 Å². The molecule has 5 nitrogen and oxygen atoms in total. The van der Waals surface area contributed by atoms with E-state index < -0.39 is 21.6 Å². The average molecular weight is 421 g/mol. The van der Waals surface area contributed by atoms with Gasteiger partial charge in [-0.25, -0.2) is 8.42 Å².